The lowest BCUT2D eigenvalue weighted by Gasteiger charge is -2.12. The summed E-state index contributed by atoms with van der Waals surface area (Å²) in [6.07, 6.45) is 0. The monoisotopic (exact) mass is 269 g/mol. The first kappa shape index (κ1) is 11.6. The van der Waals surface area contributed by atoms with Gasteiger partial charge in [0.05, 0.1) is 6.04 Å². The van der Waals surface area contributed by atoms with Crippen molar-refractivity contribution in [2.75, 3.05) is 13.4 Å². The van der Waals surface area contributed by atoms with Crippen molar-refractivity contribution in [1.82, 2.24) is 5.32 Å². The molecular weight excluding hydrogens is 254 g/mol. The van der Waals surface area contributed by atoms with Crippen molar-refractivity contribution in [2.45, 2.75) is 12.6 Å². The van der Waals surface area contributed by atoms with Crippen LogP contribution in [0.15, 0.2) is 42.5 Å². The molecule has 102 valence electrons. The zero-order chi connectivity index (χ0) is 13.4. The van der Waals surface area contributed by atoms with Gasteiger partial charge in [0.25, 0.3) is 0 Å². The number of hydrogen-bond donors (Lipinski definition) is 1. The molecule has 2 aliphatic rings. The number of benzene rings is 2. The van der Waals surface area contributed by atoms with Gasteiger partial charge in [-0.2, -0.15) is 0 Å². The van der Waals surface area contributed by atoms with E-state index < -0.39 is 0 Å². The lowest BCUT2D eigenvalue weighted by molar-refractivity contribution is 0.173. The first-order chi connectivity index (χ1) is 9.92. The third-order valence-electron chi connectivity index (χ3n) is 3.72. The van der Waals surface area contributed by atoms with E-state index in [1.165, 1.54) is 5.56 Å². The van der Waals surface area contributed by atoms with Crippen molar-refractivity contribution in [1.29, 1.82) is 0 Å². The zero-order valence-electron chi connectivity index (χ0n) is 11.0. The van der Waals surface area contributed by atoms with Gasteiger partial charge in [-0.05, 0) is 12.1 Å². The highest BCUT2D eigenvalue weighted by Gasteiger charge is 2.24. The lowest BCUT2D eigenvalue weighted by Crippen LogP contribution is -2.22. The molecule has 1 atom stereocenters. The summed E-state index contributed by atoms with van der Waals surface area (Å²) >= 11 is 0. The van der Waals surface area contributed by atoms with E-state index in [4.69, 9.17) is 14.2 Å². The van der Waals surface area contributed by atoms with Crippen LogP contribution in [-0.2, 0) is 6.54 Å². The molecule has 0 spiro atoms. The Hall–Kier alpha value is -2.20. The Balaban J connectivity index is 1.51. The van der Waals surface area contributed by atoms with Crippen LogP contribution in [0.1, 0.15) is 17.2 Å². The molecule has 0 aliphatic carbocycles. The Morgan fingerprint density at radius 1 is 0.950 bits per heavy atom. The van der Waals surface area contributed by atoms with Gasteiger partial charge in [-0.1, -0.05) is 30.3 Å². The number of para-hydroxylation sites is 2. The number of nitrogens with one attached hydrogen (secondary N) is 1. The fraction of sp³-hybridized carbons (Fsp3) is 0.250. The quantitative estimate of drug-likeness (QED) is 0.930. The van der Waals surface area contributed by atoms with E-state index in [-0.39, 0.29) is 6.04 Å². The van der Waals surface area contributed by atoms with Gasteiger partial charge in [0.15, 0.2) is 11.5 Å². The van der Waals surface area contributed by atoms with Crippen LogP contribution < -0.4 is 19.5 Å². The van der Waals surface area contributed by atoms with Gasteiger partial charge in [0.2, 0.25) is 6.79 Å². The SMILES string of the molecule is c1ccc2c(c1)OCC2NCc1cccc2c1OCO2. The van der Waals surface area contributed by atoms with Crippen LogP contribution >= 0.6 is 0 Å². The first-order valence-electron chi connectivity index (χ1n) is 6.74. The minimum atomic E-state index is 0.226. The largest absolute Gasteiger partial charge is 0.491 e. The first-order valence-corrected chi connectivity index (χ1v) is 6.74. The molecular formula is C16H15NO3. The van der Waals surface area contributed by atoms with Crippen molar-refractivity contribution in [2.24, 2.45) is 0 Å². The van der Waals surface area contributed by atoms with Gasteiger partial charge in [-0.25, -0.2) is 0 Å². The summed E-state index contributed by atoms with van der Waals surface area (Å²) in [6.45, 7) is 1.71. The van der Waals surface area contributed by atoms with Gasteiger partial charge in [-0.15, -0.1) is 0 Å². The molecule has 1 unspecified atom stereocenters. The molecule has 0 fully saturated rings. The van der Waals surface area contributed by atoms with E-state index in [9.17, 15) is 0 Å². The Morgan fingerprint density at radius 3 is 2.85 bits per heavy atom. The van der Waals surface area contributed by atoms with E-state index in [1.54, 1.807) is 0 Å². The van der Waals surface area contributed by atoms with Crippen molar-refractivity contribution in [3.05, 3.63) is 53.6 Å². The number of rotatable bonds is 3. The Kier molecular flexibility index (Phi) is 2.74. The van der Waals surface area contributed by atoms with Crippen LogP contribution in [0.4, 0.5) is 0 Å². The molecule has 0 saturated heterocycles. The molecule has 20 heavy (non-hydrogen) atoms. The van der Waals surface area contributed by atoms with Crippen LogP contribution in [0.5, 0.6) is 17.2 Å². The Bertz CT molecular complexity index is 641. The Labute approximate surface area is 117 Å². The van der Waals surface area contributed by atoms with Crippen molar-refractivity contribution >= 4 is 0 Å². The van der Waals surface area contributed by atoms with Gasteiger partial charge >= 0.3 is 0 Å². The third-order valence-corrected chi connectivity index (χ3v) is 3.72. The normalized spacial score (nSPS) is 18.7. The predicted molar refractivity (Wildman–Crippen MR) is 74.1 cm³/mol. The highest BCUT2D eigenvalue weighted by molar-refractivity contribution is 5.48. The lowest BCUT2D eigenvalue weighted by atomic mass is 10.1. The molecule has 2 aromatic rings. The third kappa shape index (κ3) is 1.89. The topological polar surface area (TPSA) is 39.7 Å². The van der Waals surface area contributed by atoms with Crippen molar-refractivity contribution in [3.8, 4) is 17.2 Å². The van der Waals surface area contributed by atoms with E-state index in [0.29, 0.717) is 13.4 Å². The zero-order valence-corrected chi connectivity index (χ0v) is 11.0. The molecule has 4 rings (SSSR count). The fourth-order valence-corrected chi connectivity index (χ4v) is 2.69. The maximum Gasteiger partial charge on any atom is 0.231 e. The molecule has 0 amide bonds. The average molecular weight is 269 g/mol. The van der Waals surface area contributed by atoms with Gasteiger partial charge in [0.1, 0.15) is 12.4 Å². The van der Waals surface area contributed by atoms with Crippen molar-refractivity contribution in [3.63, 3.8) is 0 Å². The minimum absolute atomic E-state index is 0.226. The summed E-state index contributed by atoms with van der Waals surface area (Å²) in [5.41, 5.74) is 2.33. The second kappa shape index (κ2) is 4.72. The average Bonchev–Trinajstić information content (AvgIpc) is 3.12. The maximum absolute atomic E-state index is 5.67. The fourth-order valence-electron chi connectivity index (χ4n) is 2.69. The van der Waals surface area contributed by atoms with Gasteiger partial charge < -0.3 is 19.5 Å². The highest BCUT2D eigenvalue weighted by Crippen LogP contribution is 2.36. The van der Waals surface area contributed by atoms with E-state index in [1.807, 2.05) is 30.3 Å². The molecule has 0 aromatic heterocycles. The van der Waals surface area contributed by atoms with Crippen LogP contribution in [0.2, 0.25) is 0 Å². The summed E-state index contributed by atoms with van der Waals surface area (Å²) < 4.78 is 16.6. The van der Waals surface area contributed by atoms with Crippen LogP contribution in [-0.4, -0.2) is 13.4 Å². The summed E-state index contributed by atoms with van der Waals surface area (Å²) in [7, 11) is 0. The molecule has 0 radical (unpaired) electrons. The summed E-state index contributed by atoms with van der Waals surface area (Å²) in [6, 6.07) is 14.4. The molecule has 2 heterocycles. The molecule has 0 bridgehead atoms. The summed E-state index contributed by atoms with van der Waals surface area (Å²) in [4.78, 5) is 0. The smallest absolute Gasteiger partial charge is 0.231 e. The highest BCUT2D eigenvalue weighted by atomic mass is 16.7. The van der Waals surface area contributed by atoms with E-state index in [0.717, 1.165) is 29.4 Å². The summed E-state index contributed by atoms with van der Waals surface area (Å²) in [5, 5.41) is 3.52. The van der Waals surface area contributed by atoms with Crippen LogP contribution in [0, 0.1) is 0 Å². The molecule has 4 heteroatoms. The molecule has 0 saturated carbocycles. The molecule has 2 aromatic carbocycles. The second-order valence-corrected chi connectivity index (χ2v) is 4.93. The van der Waals surface area contributed by atoms with Crippen molar-refractivity contribution < 1.29 is 14.2 Å². The minimum Gasteiger partial charge on any atom is -0.491 e. The number of hydrogen-bond acceptors (Lipinski definition) is 4. The van der Waals surface area contributed by atoms with Crippen LogP contribution in [0.25, 0.3) is 0 Å². The van der Waals surface area contributed by atoms with E-state index >= 15 is 0 Å². The van der Waals surface area contributed by atoms with E-state index in [2.05, 4.69) is 17.4 Å². The molecule has 4 nitrogen and oxygen atoms in total. The number of fused-ring (bicyclic) bond motifs is 2. The maximum atomic E-state index is 5.67. The predicted octanol–water partition coefficient (Wildman–Crippen LogP) is 2.64. The van der Waals surface area contributed by atoms with Gasteiger partial charge in [-0.3, -0.25) is 0 Å². The second-order valence-electron chi connectivity index (χ2n) is 4.93. The van der Waals surface area contributed by atoms with Crippen LogP contribution in [0.3, 0.4) is 0 Å². The standard InChI is InChI=1S/C16H15NO3/c1-2-6-14-12(5-1)13(9-18-14)17-8-11-4-3-7-15-16(11)20-10-19-15/h1-7,13,17H,8-10H2. The number of ether oxygens (including phenoxy) is 3. The molecule has 2 aliphatic heterocycles. The molecule has 1 N–H and O–H groups in total. The van der Waals surface area contributed by atoms with Gasteiger partial charge in [0, 0.05) is 17.7 Å². The summed E-state index contributed by atoms with van der Waals surface area (Å²) in [5.74, 6) is 2.66. The Morgan fingerprint density at radius 2 is 1.85 bits per heavy atom.